The Balaban J connectivity index is 2.11. The summed E-state index contributed by atoms with van der Waals surface area (Å²) in [6.07, 6.45) is 1.36. The molecule has 90 valence electrons. The van der Waals surface area contributed by atoms with E-state index < -0.39 is 0 Å². The largest absolute Gasteiger partial charge is 0.479 e. The number of nitrogen functional groups attached to an aromatic ring is 1. The minimum atomic E-state index is -0.0879. The summed E-state index contributed by atoms with van der Waals surface area (Å²) in [7, 11) is 1.48. The lowest BCUT2D eigenvalue weighted by atomic mass is 10.4. The molecule has 0 saturated heterocycles. The van der Waals surface area contributed by atoms with Crippen molar-refractivity contribution in [1.82, 2.24) is 15.0 Å². The van der Waals surface area contributed by atoms with Crippen LogP contribution in [0.1, 0.15) is 5.69 Å². The van der Waals surface area contributed by atoms with Crippen molar-refractivity contribution in [3.63, 3.8) is 0 Å². The van der Waals surface area contributed by atoms with Crippen LogP contribution in [-0.2, 0) is 6.54 Å². The summed E-state index contributed by atoms with van der Waals surface area (Å²) in [6, 6.07) is 0. The molecule has 17 heavy (non-hydrogen) atoms. The van der Waals surface area contributed by atoms with Crippen LogP contribution in [0.4, 0.5) is 11.5 Å². The van der Waals surface area contributed by atoms with E-state index in [1.165, 1.54) is 13.4 Å². The first-order valence-electron chi connectivity index (χ1n) is 4.75. The molecule has 2 aromatic heterocycles. The van der Waals surface area contributed by atoms with Crippen LogP contribution in [0.25, 0.3) is 0 Å². The van der Waals surface area contributed by atoms with Gasteiger partial charge in [0.2, 0.25) is 5.88 Å². The maximum atomic E-state index is 10.9. The molecule has 0 atom stereocenters. The number of aromatic amines is 1. The Labute approximate surface area is 101 Å². The summed E-state index contributed by atoms with van der Waals surface area (Å²) in [5, 5.41) is 4.74. The van der Waals surface area contributed by atoms with Crippen molar-refractivity contribution in [3.8, 4) is 5.88 Å². The molecule has 0 aliphatic carbocycles. The zero-order chi connectivity index (χ0) is 12.3. The first kappa shape index (κ1) is 11.4. The van der Waals surface area contributed by atoms with Crippen LogP contribution in [0.2, 0.25) is 0 Å². The van der Waals surface area contributed by atoms with E-state index in [1.54, 1.807) is 5.38 Å². The molecule has 0 radical (unpaired) electrons. The van der Waals surface area contributed by atoms with E-state index >= 15 is 0 Å². The first-order valence-corrected chi connectivity index (χ1v) is 5.63. The quantitative estimate of drug-likeness (QED) is 0.729. The highest BCUT2D eigenvalue weighted by atomic mass is 32.1. The fraction of sp³-hybridized carbons (Fsp3) is 0.222. The van der Waals surface area contributed by atoms with Gasteiger partial charge >= 0.3 is 4.87 Å². The topological polar surface area (TPSA) is 106 Å². The van der Waals surface area contributed by atoms with Crippen molar-refractivity contribution in [2.45, 2.75) is 6.54 Å². The maximum Gasteiger partial charge on any atom is 0.304 e. The Hall–Kier alpha value is -2.09. The van der Waals surface area contributed by atoms with Crippen LogP contribution in [-0.4, -0.2) is 22.1 Å². The molecule has 0 saturated carbocycles. The van der Waals surface area contributed by atoms with E-state index in [0.29, 0.717) is 23.9 Å². The second-order valence-electron chi connectivity index (χ2n) is 3.17. The van der Waals surface area contributed by atoms with E-state index in [-0.39, 0.29) is 4.87 Å². The Morgan fingerprint density at radius 3 is 3.06 bits per heavy atom. The number of thiazole rings is 1. The van der Waals surface area contributed by atoms with Gasteiger partial charge in [0.15, 0.2) is 5.82 Å². The van der Waals surface area contributed by atoms with Crippen LogP contribution in [0.3, 0.4) is 0 Å². The third kappa shape index (κ3) is 2.53. The molecule has 4 N–H and O–H groups in total. The van der Waals surface area contributed by atoms with E-state index in [9.17, 15) is 4.79 Å². The molecule has 0 aromatic carbocycles. The molecular formula is C9H11N5O2S. The van der Waals surface area contributed by atoms with Gasteiger partial charge in [-0.1, -0.05) is 11.3 Å². The van der Waals surface area contributed by atoms with Gasteiger partial charge < -0.3 is 20.8 Å². The van der Waals surface area contributed by atoms with E-state index in [2.05, 4.69) is 20.3 Å². The molecule has 0 spiro atoms. The van der Waals surface area contributed by atoms with Crippen molar-refractivity contribution in [2.75, 3.05) is 18.2 Å². The lowest BCUT2D eigenvalue weighted by molar-refractivity contribution is 0.399. The van der Waals surface area contributed by atoms with Gasteiger partial charge in [-0.3, -0.25) is 4.79 Å². The third-order valence-electron chi connectivity index (χ3n) is 2.06. The fourth-order valence-electron chi connectivity index (χ4n) is 1.26. The normalized spacial score (nSPS) is 10.2. The fourth-order valence-corrected chi connectivity index (χ4v) is 1.84. The van der Waals surface area contributed by atoms with Crippen molar-refractivity contribution < 1.29 is 4.74 Å². The number of H-pyrrole nitrogens is 1. The summed E-state index contributed by atoms with van der Waals surface area (Å²) < 4.78 is 4.97. The number of anilines is 2. The second kappa shape index (κ2) is 4.83. The smallest absolute Gasteiger partial charge is 0.304 e. The highest BCUT2D eigenvalue weighted by Gasteiger charge is 2.07. The van der Waals surface area contributed by atoms with Crippen LogP contribution in [0.15, 0.2) is 16.5 Å². The Morgan fingerprint density at radius 1 is 1.59 bits per heavy atom. The van der Waals surface area contributed by atoms with Crippen LogP contribution in [0.5, 0.6) is 5.88 Å². The average Bonchev–Trinajstić information content (AvgIpc) is 2.74. The Bertz CT molecular complexity index is 565. The number of ether oxygens (including phenoxy) is 1. The molecule has 0 fully saturated rings. The summed E-state index contributed by atoms with van der Waals surface area (Å²) in [5.41, 5.74) is 6.90. The van der Waals surface area contributed by atoms with Crippen LogP contribution >= 0.6 is 11.3 Å². The van der Waals surface area contributed by atoms with E-state index in [1.807, 2.05) is 0 Å². The lowest BCUT2D eigenvalue weighted by Crippen LogP contribution is -2.08. The average molecular weight is 253 g/mol. The predicted molar refractivity (Wildman–Crippen MR) is 65.3 cm³/mol. The number of rotatable bonds is 4. The summed E-state index contributed by atoms with van der Waals surface area (Å²) in [4.78, 5) is 21.4. The van der Waals surface area contributed by atoms with E-state index in [0.717, 1.165) is 17.0 Å². The molecule has 0 amide bonds. The molecule has 0 aliphatic rings. The van der Waals surface area contributed by atoms with E-state index in [4.69, 9.17) is 10.5 Å². The molecule has 8 heteroatoms. The molecular weight excluding hydrogens is 242 g/mol. The van der Waals surface area contributed by atoms with Crippen molar-refractivity contribution in [3.05, 3.63) is 27.1 Å². The van der Waals surface area contributed by atoms with Gasteiger partial charge in [-0.05, 0) is 0 Å². The molecule has 0 bridgehead atoms. The zero-order valence-corrected chi connectivity index (χ0v) is 9.87. The Kier molecular flexibility index (Phi) is 3.24. The van der Waals surface area contributed by atoms with Gasteiger partial charge in [0.05, 0.1) is 13.7 Å². The van der Waals surface area contributed by atoms with Gasteiger partial charge in [-0.15, -0.1) is 0 Å². The number of hydrogen-bond acceptors (Lipinski definition) is 7. The number of nitrogens with one attached hydrogen (secondary N) is 2. The maximum absolute atomic E-state index is 10.9. The molecule has 0 unspecified atom stereocenters. The molecule has 0 aliphatic heterocycles. The van der Waals surface area contributed by atoms with Crippen molar-refractivity contribution in [2.24, 2.45) is 0 Å². The molecule has 2 rings (SSSR count). The summed E-state index contributed by atoms with van der Waals surface area (Å²) in [6.45, 7) is 0.434. The standard InChI is InChI=1S/C9H11N5O2S/c1-16-8-6(10)7(12-4-13-8)11-2-5-3-17-9(15)14-5/h3-4H,2,10H2,1H3,(H,14,15)(H,11,12,13). The summed E-state index contributed by atoms with van der Waals surface area (Å²) in [5.74, 6) is 0.796. The van der Waals surface area contributed by atoms with Crippen molar-refractivity contribution in [1.29, 1.82) is 0 Å². The van der Waals surface area contributed by atoms with Gasteiger partial charge in [0.25, 0.3) is 0 Å². The minimum Gasteiger partial charge on any atom is -0.479 e. The monoisotopic (exact) mass is 253 g/mol. The van der Waals surface area contributed by atoms with Crippen LogP contribution < -0.4 is 20.7 Å². The van der Waals surface area contributed by atoms with Crippen LogP contribution in [0, 0.1) is 0 Å². The van der Waals surface area contributed by atoms with Gasteiger partial charge in [0.1, 0.15) is 12.0 Å². The van der Waals surface area contributed by atoms with Gasteiger partial charge in [-0.2, -0.15) is 4.98 Å². The first-order chi connectivity index (χ1) is 8.20. The predicted octanol–water partition coefficient (Wildman–Crippen LogP) is 0.429. The highest BCUT2D eigenvalue weighted by Crippen LogP contribution is 2.24. The number of hydrogen-bond donors (Lipinski definition) is 3. The highest BCUT2D eigenvalue weighted by molar-refractivity contribution is 7.07. The number of methoxy groups -OCH3 is 1. The number of nitrogens with zero attached hydrogens (tertiary/aromatic N) is 2. The number of aromatic nitrogens is 3. The van der Waals surface area contributed by atoms with Gasteiger partial charge in [-0.25, -0.2) is 4.98 Å². The molecule has 2 heterocycles. The minimum absolute atomic E-state index is 0.0879. The third-order valence-corrected chi connectivity index (χ3v) is 2.78. The molecule has 7 nitrogen and oxygen atoms in total. The molecule has 2 aromatic rings. The lowest BCUT2D eigenvalue weighted by Gasteiger charge is -2.08. The van der Waals surface area contributed by atoms with Gasteiger partial charge in [0, 0.05) is 11.1 Å². The zero-order valence-electron chi connectivity index (χ0n) is 9.06. The van der Waals surface area contributed by atoms with Crippen molar-refractivity contribution >= 4 is 22.8 Å². The summed E-state index contributed by atoms with van der Waals surface area (Å²) >= 11 is 1.11. The second-order valence-corrected chi connectivity index (χ2v) is 4.01. The Morgan fingerprint density at radius 2 is 2.41 bits per heavy atom. The SMILES string of the molecule is COc1ncnc(NCc2csc(=O)[nH]2)c1N. The number of nitrogens with two attached hydrogens (primary N) is 1.